The van der Waals surface area contributed by atoms with E-state index in [4.69, 9.17) is 9.52 Å². The number of nitrogens with one attached hydrogen (secondary N) is 1. The van der Waals surface area contributed by atoms with Gasteiger partial charge in [-0.05, 0) is 36.5 Å². The molecule has 1 saturated heterocycles. The van der Waals surface area contributed by atoms with E-state index in [1.165, 1.54) is 0 Å². The van der Waals surface area contributed by atoms with E-state index in [-0.39, 0.29) is 23.7 Å². The van der Waals surface area contributed by atoms with Gasteiger partial charge in [0.05, 0.1) is 12.2 Å². The monoisotopic (exact) mass is 300 g/mol. The van der Waals surface area contributed by atoms with Gasteiger partial charge in [-0.15, -0.1) is 0 Å². The number of likely N-dealkylation sites (tertiary alicyclic amines) is 1. The van der Waals surface area contributed by atoms with E-state index < -0.39 is 5.97 Å². The molecule has 2 N–H and O–H groups in total. The Morgan fingerprint density at radius 1 is 1.36 bits per heavy atom. The molecule has 6 nitrogen and oxygen atoms in total. The minimum absolute atomic E-state index is 0.0766. The summed E-state index contributed by atoms with van der Waals surface area (Å²) in [5.41, 5.74) is 1.34. The third-order valence-electron chi connectivity index (χ3n) is 4.79. The lowest BCUT2D eigenvalue weighted by Crippen LogP contribution is -2.37. The van der Waals surface area contributed by atoms with Crippen LogP contribution < -0.4 is 0 Å². The molecule has 2 aromatic heterocycles. The van der Waals surface area contributed by atoms with Gasteiger partial charge in [0, 0.05) is 24.8 Å². The van der Waals surface area contributed by atoms with Crippen LogP contribution in [0.15, 0.2) is 35.1 Å². The van der Waals surface area contributed by atoms with Crippen molar-refractivity contribution in [1.29, 1.82) is 0 Å². The van der Waals surface area contributed by atoms with Gasteiger partial charge < -0.3 is 19.4 Å². The van der Waals surface area contributed by atoms with Gasteiger partial charge in [0.25, 0.3) is 5.91 Å². The second-order valence-electron chi connectivity index (χ2n) is 6.01. The number of aromatic nitrogens is 1. The maximum Gasteiger partial charge on any atom is 0.307 e. The van der Waals surface area contributed by atoms with Crippen LogP contribution in [0.2, 0.25) is 0 Å². The fourth-order valence-corrected chi connectivity index (χ4v) is 3.56. The third-order valence-corrected chi connectivity index (χ3v) is 4.79. The second kappa shape index (κ2) is 4.76. The number of H-pyrrole nitrogens is 1. The fourth-order valence-electron chi connectivity index (χ4n) is 3.56. The molecule has 0 radical (unpaired) electrons. The number of aliphatic carboxylic acids is 1. The van der Waals surface area contributed by atoms with Gasteiger partial charge in [0.1, 0.15) is 11.5 Å². The zero-order chi connectivity index (χ0) is 15.3. The molecular formula is C16H16N2O4. The summed E-state index contributed by atoms with van der Waals surface area (Å²) in [4.78, 5) is 28.4. The molecule has 2 aromatic rings. The first-order valence-corrected chi connectivity index (χ1v) is 7.39. The van der Waals surface area contributed by atoms with E-state index in [2.05, 4.69) is 4.98 Å². The largest absolute Gasteiger partial charge is 0.481 e. The van der Waals surface area contributed by atoms with Crippen molar-refractivity contribution in [2.75, 3.05) is 13.1 Å². The fraction of sp³-hybridized carbons (Fsp3) is 0.375. The summed E-state index contributed by atoms with van der Waals surface area (Å²) in [7, 11) is 0. The maximum atomic E-state index is 12.5. The molecule has 4 rings (SSSR count). The molecule has 3 atom stereocenters. The number of carbonyl (C=O) groups excluding carboxylic acids is 1. The smallest absolute Gasteiger partial charge is 0.307 e. The molecule has 1 aliphatic heterocycles. The van der Waals surface area contributed by atoms with Gasteiger partial charge in [-0.3, -0.25) is 9.59 Å². The summed E-state index contributed by atoms with van der Waals surface area (Å²) in [6.07, 6.45) is 4.11. The number of nitrogens with zero attached hydrogens (tertiary/aromatic N) is 1. The molecule has 114 valence electrons. The van der Waals surface area contributed by atoms with Crippen molar-refractivity contribution in [3.05, 3.63) is 36.4 Å². The van der Waals surface area contributed by atoms with E-state index >= 15 is 0 Å². The van der Waals surface area contributed by atoms with Gasteiger partial charge in [-0.1, -0.05) is 0 Å². The van der Waals surface area contributed by atoms with Crippen LogP contribution in [0.5, 0.6) is 0 Å². The molecule has 1 aliphatic carbocycles. The zero-order valence-corrected chi connectivity index (χ0v) is 11.9. The van der Waals surface area contributed by atoms with Crippen molar-refractivity contribution >= 4 is 11.9 Å². The van der Waals surface area contributed by atoms with Crippen LogP contribution in [0.4, 0.5) is 0 Å². The number of hydrogen-bond acceptors (Lipinski definition) is 3. The summed E-state index contributed by atoms with van der Waals surface area (Å²) in [5, 5.41) is 9.11. The topological polar surface area (TPSA) is 86.5 Å². The summed E-state index contributed by atoms with van der Waals surface area (Å²) >= 11 is 0. The molecule has 1 amide bonds. The first-order chi connectivity index (χ1) is 10.6. The highest BCUT2D eigenvalue weighted by Crippen LogP contribution is 2.51. The van der Waals surface area contributed by atoms with E-state index in [0.717, 1.165) is 12.0 Å². The van der Waals surface area contributed by atoms with Gasteiger partial charge in [0.2, 0.25) is 0 Å². The Kier molecular flexibility index (Phi) is 2.85. The number of amides is 1. The van der Waals surface area contributed by atoms with Gasteiger partial charge >= 0.3 is 5.97 Å². The maximum absolute atomic E-state index is 12.5. The molecule has 22 heavy (non-hydrogen) atoms. The van der Waals surface area contributed by atoms with E-state index in [1.54, 1.807) is 29.5 Å². The average Bonchev–Trinajstić information content (AvgIpc) is 2.89. The zero-order valence-electron chi connectivity index (χ0n) is 11.9. The highest BCUT2D eigenvalue weighted by Gasteiger charge is 2.57. The quantitative estimate of drug-likeness (QED) is 0.908. The first kappa shape index (κ1) is 13.2. The molecule has 2 aliphatic rings. The Bertz CT molecular complexity index is 718. The molecule has 1 saturated carbocycles. The molecule has 0 aromatic carbocycles. The van der Waals surface area contributed by atoms with Gasteiger partial charge in [-0.25, -0.2) is 0 Å². The Labute approximate surface area is 126 Å². The van der Waals surface area contributed by atoms with Crippen LogP contribution in [0, 0.1) is 17.8 Å². The highest BCUT2D eigenvalue weighted by molar-refractivity contribution is 5.94. The molecule has 3 heterocycles. The van der Waals surface area contributed by atoms with Crippen molar-refractivity contribution in [3.63, 3.8) is 0 Å². The minimum Gasteiger partial charge on any atom is -0.481 e. The van der Waals surface area contributed by atoms with Crippen molar-refractivity contribution in [2.45, 2.75) is 6.42 Å². The number of carbonyl (C=O) groups is 2. The normalized spacial score (nSPS) is 26.5. The highest BCUT2D eigenvalue weighted by atomic mass is 16.4. The van der Waals surface area contributed by atoms with Crippen LogP contribution in [0.25, 0.3) is 11.3 Å². The number of furan rings is 1. The molecule has 0 spiro atoms. The lowest BCUT2D eigenvalue weighted by Gasteiger charge is -2.25. The van der Waals surface area contributed by atoms with Crippen LogP contribution in [-0.4, -0.2) is 40.0 Å². The van der Waals surface area contributed by atoms with Crippen molar-refractivity contribution in [3.8, 4) is 11.3 Å². The number of rotatable bonds is 3. The summed E-state index contributed by atoms with van der Waals surface area (Å²) in [5.74, 6) is 0.0115. The predicted molar refractivity (Wildman–Crippen MR) is 77.1 cm³/mol. The predicted octanol–water partition coefficient (Wildman–Crippen LogP) is 2.07. The lowest BCUT2D eigenvalue weighted by molar-refractivity contribution is -0.139. The Hall–Kier alpha value is -2.50. The SMILES string of the molecule is O=C(O)[C@@H]1[C@@H]2CCN(C(=O)c3cc(-c4ccco4)c[nH]3)C[C@@H]21. The van der Waals surface area contributed by atoms with Crippen LogP contribution in [0.1, 0.15) is 16.9 Å². The summed E-state index contributed by atoms with van der Waals surface area (Å²) in [6, 6.07) is 5.41. The number of aromatic amines is 1. The Balaban J connectivity index is 1.48. The van der Waals surface area contributed by atoms with E-state index in [0.29, 0.717) is 24.5 Å². The third kappa shape index (κ3) is 2.03. The Morgan fingerprint density at radius 2 is 2.23 bits per heavy atom. The van der Waals surface area contributed by atoms with Crippen LogP contribution in [-0.2, 0) is 4.79 Å². The number of carboxylic acid groups (broad SMARTS) is 1. The standard InChI is InChI=1S/C16H16N2O4/c19-15(12-6-9(7-17-12)13-2-1-5-22-13)18-4-3-10-11(8-18)14(10)16(20)21/h1-2,5-7,10-11,14,17H,3-4,8H2,(H,20,21)/t10-,11+,14-/m1/s1. The van der Waals surface area contributed by atoms with E-state index in [1.807, 2.05) is 6.07 Å². The molecule has 0 unspecified atom stereocenters. The molecule has 2 fully saturated rings. The van der Waals surface area contributed by atoms with Crippen molar-refractivity contribution in [2.24, 2.45) is 17.8 Å². The molecule has 0 bridgehead atoms. The van der Waals surface area contributed by atoms with Gasteiger partial charge in [0.15, 0.2) is 0 Å². The minimum atomic E-state index is -0.732. The van der Waals surface area contributed by atoms with Crippen molar-refractivity contribution < 1.29 is 19.1 Å². The Morgan fingerprint density at radius 3 is 2.95 bits per heavy atom. The number of carboxylic acids is 1. The summed E-state index contributed by atoms with van der Waals surface area (Å²) in [6.45, 7) is 1.16. The lowest BCUT2D eigenvalue weighted by atomic mass is 10.1. The number of hydrogen-bond donors (Lipinski definition) is 2. The second-order valence-corrected chi connectivity index (χ2v) is 6.01. The van der Waals surface area contributed by atoms with Crippen LogP contribution >= 0.6 is 0 Å². The molecular weight excluding hydrogens is 284 g/mol. The number of piperidine rings is 1. The van der Waals surface area contributed by atoms with Crippen molar-refractivity contribution in [1.82, 2.24) is 9.88 Å². The summed E-state index contributed by atoms with van der Waals surface area (Å²) < 4.78 is 5.31. The number of fused-ring (bicyclic) bond motifs is 1. The first-order valence-electron chi connectivity index (χ1n) is 7.39. The van der Waals surface area contributed by atoms with Gasteiger partial charge in [-0.2, -0.15) is 0 Å². The van der Waals surface area contributed by atoms with Crippen LogP contribution in [0.3, 0.4) is 0 Å². The molecule has 6 heteroatoms. The van der Waals surface area contributed by atoms with E-state index in [9.17, 15) is 9.59 Å². The average molecular weight is 300 g/mol.